The number of aliphatic hydroxyl groups excluding tert-OH is 1. The molecule has 0 aliphatic heterocycles. The van der Waals surface area contributed by atoms with E-state index in [0.29, 0.717) is 25.0 Å². The van der Waals surface area contributed by atoms with Crippen LogP contribution in [0.3, 0.4) is 0 Å². The Bertz CT molecular complexity index is 721. The molecule has 2 heterocycles. The maximum Gasteiger partial charge on any atom is 0.417 e. The third-order valence-corrected chi connectivity index (χ3v) is 3.77. The summed E-state index contributed by atoms with van der Waals surface area (Å²) in [4.78, 5) is 16.8. The molecule has 0 spiro atoms. The van der Waals surface area contributed by atoms with Crippen LogP contribution in [-0.4, -0.2) is 33.0 Å². The average molecular weight is 343 g/mol. The summed E-state index contributed by atoms with van der Waals surface area (Å²) in [6.07, 6.45) is -1.93. The molecule has 0 saturated heterocycles. The predicted molar refractivity (Wildman–Crippen MR) is 82.8 cm³/mol. The minimum absolute atomic E-state index is 0.0878. The highest BCUT2D eigenvalue weighted by atomic mass is 19.4. The first kappa shape index (κ1) is 18.3. The number of aryl methyl sites for hydroxylation is 1. The summed E-state index contributed by atoms with van der Waals surface area (Å²) < 4.78 is 40.0. The van der Waals surface area contributed by atoms with Gasteiger partial charge < -0.3 is 10.4 Å². The van der Waals surface area contributed by atoms with Gasteiger partial charge in [-0.15, -0.1) is 0 Å². The Hall–Kier alpha value is -2.09. The number of hydrogen-bond acceptors (Lipinski definition) is 3. The molecule has 1 amide bonds. The lowest BCUT2D eigenvalue weighted by atomic mass is 10.2. The summed E-state index contributed by atoms with van der Waals surface area (Å²) in [6, 6.07) is 1.74. The van der Waals surface area contributed by atoms with Gasteiger partial charge in [-0.25, -0.2) is 4.98 Å². The van der Waals surface area contributed by atoms with Gasteiger partial charge in [0.25, 0.3) is 5.91 Å². The Balaban J connectivity index is 2.54. The first-order valence-corrected chi connectivity index (χ1v) is 7.81. The highest BCUT2D eigenvalue weighted by molar-refractivity contribution is 5.95. The van der Waals surface area contributed by atoms with Gasteiger partial charge in [-0.05, 0) is 25.0 Å². The third kappa shape index (κ3) is 3.69. The van der Waals surface area contributed by atoms with E-state index in [2.05, 4.69) is 10.3 Å². The zero-order valence-electron chi connectivity index (χ0n) is 13.5. The van der Waals surface area contributed by atoms with Crippen molar-refractivity contribution in [2.45, 2.75) is 45.3 Å². The number of aromatic nitrogens is 2. The van der Waals surface area contributed by atoms with Gasteiger partial charge in [-0.3, -0.25) is 9.20 Å². The molecular formula is C16H20F3N3O2. The van der Waals surface area contributed by atoms with Crippen LogP contribution < -0.4 is 5.32 Å². The van der Waals surface area contributed by atoms with Gasteiger partial charge in [0, 0.05) is 6.20 Å². The van der Waals surface area contributed by atoms with E-state index in [1.54, 1.807) is 6.92 Å². The van der Waals surface area contributed by atoms with Crippen molar-refractivity contribution in [3.63, 3.8) is 0 Å². The van der Waals surface area contributed by atoms with Gasteiger partial charge in [0.05, 0.1) is 23.9 Å². The fourth-order valence-corrected chi connectivity index (χ4v) is 2.44. The Morgan fingerprint density at radius 3 is 2.62 bits per heavy atom. The number of imidazole rings is 1. The number of carbonyl (C=O) groups excluding carboxylic acids is 1. The van der Waals surface area contributed by atoms with Crippen LogP contribution in [0.1, 0.15) is 48.4 Å². The quantitative estimate of drug-likeness (QED) is 0.848. The smallest absolute Gasteiger partial charge is 0.394 e. The van der Waals surface area contributed by atoms with Crippen LogP contribution in [-0.2, 0) is 12.6 Å². The Morgan fingerprint density at radius 2 is 2.08 bits per heavy atom. The molecule has 0 aliphatic rings. The molecule has 0 radical (unpaired) electrons. The van der Waals surface area contributed by atoms with Crippen molar-refractivity contribution >= 4 is 11.6 Å². The van der Waals surface area contributed by atoms with Gasteiger partial charge in [0.2, 0.25) is 0 Å². The third-order valence-electron chi connectivity index (χ3n) is 3.77. The minimum atomic E-state index is -4.51. The molecular weight excluding hydrogens is 323 g/mol. The van der Waals surface area contributed by atoms with E-state index in [1.807, 2.05) is 6.92 Å². The predicted octanol–water partition coefficient (Wildman–Crippen LogP) is 2.81. The Morgan fingerprint density at radius 1 is 1.38 bits per heavy atom. The highest BCUT2D eigenvalue weighted by Crippen LogP contribution is 2.30. The van der Waals surface area contributed by atoms with Gasteiger partial charge in [0.15, 0.2) is 0 Å². The number of rotatable bonds is 6. The molecule has 2 aromatic heterocycles. The fourth-order valence-electron chi connectivity index (χ4n) is 2.44. The molecule has 132 valence electrons. The van der Waals surface area contributed by atoms with Crippen LogP contribution in [0.2, 0.25) is 0 Å². The topological polar surface area (TPSA) is 66.6 Å². The molecule has 2 aromatic rings. The minimum Gasteiger partial charge on any atom is -0.394 e. The number of nitrogens with one attached hydrogen (secondary N) is 1. The first-order valence-electron chi connectivity index (χ1n) is 7.81. The number of nitrogens with zero attached hydrogens (tertiary/aromatic N) is 2. The van der Waals surface area contributed by atoms with Crippen LogP contribution >= 0.6 is 0 Å². The Kier molecular flexibility index (Phi) is 5.48. The molecule has 2 N–H and O–H groups in total. The molecule has 8 heteroatoms. The second-order valence-electron chi connectivity index (χ2n) is 5.56. The molecule has 0 aromatic carbocycles. The molecule has 0 saturated carbocycles. The van der Waals surface area contributed by atoms with E-state index in [9.17, 15) is 23.1 Å². The number of pyridine rings is 1. The largest absolute Gasteiger partial charge is 0.417 e. The molecule has 5 nitrogen and oxygen atoms in total. The molecule has 0 fully saturated rings. The van der Waals surface area contributed by atoms with E-state index >= 15 is 0 Å². The lowest BCUT2D eigenvalue weighted by Crippen LogP contribution is -2.38. The fraction of sp³-hybridized carbons (Fsp3) is 0.500. The second-order valence-corrected chi connectivity index (χ2v) is 5.56. The van der Waals surface area contributed by atoms with Crippen LogP contribution in [0.15, 0.2) is 18.3 Å². The van der Waals surface area contributed by atoms with Crippen LogP contribution in [0.4, 0.5) is 13.2 Å². The van der Waals surface area contributed by atoms with Crippen LogP contribution in [0.5, 0.6) is 0 Å². The lowest BCUT2D eigenvalue weighted by Gasteiger charge is -2.15. The lowest BCUT2D eigenvalue weighted by molar-refractivity contribution is -0.137. The van der Waals surface area contributed by atoms with Gasteiger partial charge >= 0.3 is 6.18 Å². The summed E-state index contributed by atoms with van der Waals surface area (Å²) in [5.74, 6) is -0.536. The van der Waals surface area contributed by atoms with Crippen molar-refractivity contribution in [3.05, 3.63) is 35.3 Å². The number of hydrogen-bond donors (Lipinski definition) is 2. The summed E-state index contributed by atoms with van der Waals surface area (Å²) in [7, 11) is 0. The van der Waals surface area contributed by atoms with Crippen molar-refractivity contribution in [1.82, 2.24) is 14.7 Å². The number of fused-ring (bicyclic) bond motifs is 1. The van der Waals surface area contributed by atoms with Crippen molar-refractivity contribution in [2.75, 3.05) is 6.61 Å². The number of amides is 1. The van der Waals surface area contributed by atoms with Crippen molar-refractivity contribution in [3.8, 4) is 0 Å². The highest BCUT2D eigenvalue weighted by Gasteiger charge is 2.32. The molecule has 0 bridgehead atoms. The van der Waals surface area contributed by atoms with Gasteiger partial charge in [0.1, 0.15) is 11.3 Å². The number of alkyl halides is 3. The zero-order valence-corrected chi connectivity index (χ0v) is 13.5. The van der Waals surface area contributed by atoms with Crippen molar-refractivity contribution < 1.29 is 23.1 Å². The second kappa shape index (κ2) is 7.21. The Labute approximate surface area is 137 Å². The standard InChI is InChI=1S/C16H20F3N3O2/c1-3-5-12-14(15(24)20-11(4-2)9-23)22-8-10(16(17,18)19)6-7-13(22)21-12/h6-8,11,23H,3-5,9H2,1-2H3,(H,20,24). The summed E-state index contributed by atoms with van der Waals surface area (Å²) in [5.41, 5.74) is -0.0284. The number of carbonyl (C=O) groups is 1. The average Bonchev–Trinajstić information content (AvgIpc) is 2.89. The summed E-state index contributed by atoms with van der Waals surface area (Å²) in [6.45, 7) is 3.45. The number of aliphatic hydroxyl groups is 1. The monoisotopic (exact) mass is 343 g/mol. The molecule has 0 aliphatic carbocycles. The van der Waals surface area contributed by atoms with Crippen molar-refractivity contribution in [2.24, 2.45) is 0 Å². The van der Waals surface area contributed by atoms with E-state index in [4.69, 9.17) is 0 Å². The molecule has 1 unspecified atom stereocenters. The SMILES string of the molecule is CCCc1nc2ccc(C(F)(F)F)cn2c1C(=O)NC(CC)CO. The number of halogens is 3. The van der Waals surface area contributed by atoms with E-state index in [-0.39, 0.29) is 17.9 Å². The summed E-state index contributed by atoms with van der Waals surface area (Å²) >= 11 is 0. The van der Waals surface area contributed by atoms with E-state index in [1.165, 1.54) is 10.5 Å². The van der Waals surface area contributed by atoms with Crippen molar-refractivity contribution in [1.29, 1.82) is 0 Å². The van der Waals surface area contributed by atoms with E-state index in [0.717, 1.165) is 12.3 Å². The first-order chi connectivity index (χ1) is 11.3. The summed E-state index contributed by atoms with van der Waals surface area (Å²) in [5, 5.41) is 11.9. The van der Waals surface area contributed by atoms with Crippen LogP contribution in [0.25, 0.3) is 5.65 Å². The normalized spacial score (nSPS) is 13.2. The maximum absolute atomic E-state index is 13.0. The zero-order chi connectivity index (χ0) is 17.9. The van der Waals surface area contributed by atoms with Gasteiger partial charge in [-0.1, -0.05) is 20.3 Å². The van der Waals surface area contributed by atoms with Gasteiger partial charge in [-0.2, -0.15) is 13.2 Å². The molecule has 1 atom stereocenters. The van der Waals surface area contributed by atoms with E-state index < -0.39 is 23.7 Å². The van der Waals surface area contributed by atoms with Crippen LogP contribution in [0, 0.1) is 0 Å². The maximum atomic E-state index is 13.0. The molecule has 24 heavy (non-hydrogen) atoms. The molecule has 2 rings (SSSR count).